The third-order valence-electron chi connectivity index (χ3n) is 4.47. The van der Waals surface area contributed by atoms with Crippen LogP contribution in [0, 0.1) is 5.92 Å². The summed E-state index contributed by atoms with van der Waals surface area (Å²) in [4.78, 5) is 14.8. The topological polar surface area (TPSA) is 46.3 Å². The van der Waals surface area contributed by atoms with E-state index in [1.165, 1.54) is 5.56 Å². The van der Waals surface area contributed by atoms with Crippen molar-refractivity contribution in [1.29, 1.82) is 0 Å². The van der Waals surface area contributed by atoms with Gasteiger partial charge in [0.2, 0.25) is 5.91 Å². The average molecular weight is 270 g/mol. The molecular formula is C17H22N2O. The maximum atomic E-state index is 12.8. The maximum absolute atomic E-state index is 12.8. The molecule has 106 valence electrons. The van der Waals surface area contributed by atoms with Gasteiger partial charge >= 0.3 is 0 Å². The number of rotatable bonds is 3. The third kappa shape index (κ3) is 2.38. The zero-order chi connectivity index (χ0) is 13.9. The molecule has 20 heavy (non-hydrogen) atoms. The Morgan fingerprint density at radius 2 is 2.15 bits per heavy atom. The standard InChI is InChI=1S/C17H22N2O/c18-11-10-14-12-19(16-9-5-4-8-15(14)16)17(20)13-6-2-1-3-7-13/h1-2,4-5,8-9,13-14H,3,6-7,10-12,18H2. The highest BCUT2D eigenvalue weighted by Gasteiger charge is 2.34. The van der Waals surface area contributed by atoms with Crippen molar-refractivity contribution in [2.45, 2.75) is 31.6 Å². The van der Waals surface area contributed by atoms with Crippen LogP contribution in [0.4, 0.5) is 5.69 Å². The summed E-state index contributed by atoms with van der Waals surface area (Å²) < 4.78 is 0. The van der Waals surface area contributed by atoms with E-state index in [-0.39, 0.29) is 5.92 Å². The van der Waals surface area contributed by atoms with Crippen molar-refractivity contribution in [1.82, 2.24) is 0 Å². The second kappa shape index (κ2) is 5.80. The number of anilines is 1. The summed E-state index contributed by atoms with van der Waals surface area (Å²) in [6.45, 7) is 1.47. The molecule has 0 fully saturated rings. The fourth-order valence-corrected chi connectivity index (χ4v) is 3.39. The van der Waals surface area contributed by atoms with Gasteiger partial charge in [0.05, 0.1) is 0 Å². The van der Waals surface area contributed by atoms with Gasteiger partial charge in [0.15, 0.2) is 0 Å². The zero-order valence-electron chi connectivity index (χ0n) is 11.8. The van der Waals surface area contributed by atoms with Crippen molar-refractivity contribution >= 4 is 11.6 Å². The van der Waals surface area contributed by atoms with E-state index in [4.69, 9.17) is 5.73 Å². The molecule has 2 aliphatic rings. The van der Waals surface area contributed by atoms with Gasteiger partial charge in [0, 0.05) is 24.1 Å². The monoisotopic (exact) mass is 270 g/mol. The lowest BCUT2D eigenvalue weighted by Crippen LogP contribution is -2.36. The molecule has 0 bridgehead atoms. The van der Waals surface area contributed by atoms with Gasteiger partial charge < -0.3 is 10.6 Å². The second-order valence-electron chi connectivity index (χ2n) is 5.76. The van der Waals surface area contributed by atoms with E-state index in [0.29, 0.717) is 18.4 Å². The molecule has 2 N–H and O–H groups in total. The molecule has 1 amide bonds. The summed E-state index contributed by atoms with van der Waals surface area (Å²) >= 11 is 0. The Morgan fingerprint density at radius 3 is 2.90 bits per heavy atom. The minimum atomic E-state index is 0.157. The average Bonchev–Trinajstić information content (AvgIpc) is 2.87. The molecule has 0 saturated carbocycles. The van der Waals surface area contributed by atoms with Crippen LogP contribution in [-0.2, 0) is 4.79 Å². The summed E-state index contributed by atoms with van der Waals surface area (Å²) in [6.07, 6.45) is 8.17. The van der Waals surface area contributed by atoms with Crippen molar-refractivity contribution in [3.63, 3.8) is 0 Å². The first-order valence-corrected chi connectivity index (χ1v) is 7.56. The lowest BCUT2D eigenvalue weighted by Gasteiger charge is -2.25. The number of carbonyl (C=O) groups is 1. The Hall–Kier alpha value is -1.61. The molecule has 1 aliphatic carbocycles. The third-order valence-corrected chi connectivity index (χ3v) is 4.47. The smallest absolute Gasteiger partial charge is 0.230 e. The Bertz CT molecular complexity index is 523. The lowest BCUT2D eigenvalue weighted by atomic mass is 9.93. The van der Waals surface area contributed by atoms with Gasteiger partial charge in [-0.05, 0) is 43.9 Å². The Kier molecular flexibility index (Phi) is 3.88. The van der Waals surface area contributed by atoms with Gasteiger partial charge in [-0.2, -0.15) is 0 Å². The summed E-state index contributed by atoms with van der Waals surface area (Å²) in [5, 5.41) is 0. The lowest BCUT2D eigenvalue weighted by molar-refractivity contribution is -0.122. The van der Waals surface area contributed by atoms with Gasteiger partial charge in [-0.1, -0.05) is 30.4 Å². The number of nitrogens with zero attached hydrogens (tertiary/aromatic N) is 1. The van der Waals surface area contributed by atoms with E-state index < -0.39 is 0 Å². The molecular weight excluding hydrogens is 248 g/mol. The summed E-state index contributed by atoms with van der Waals surface area (Å²) in [5.41, 5.74) is 8.11. The van der Waals surface area contributed by atoms with Gasteiger partial charge in [-0.15, -0.1) is 0 Å². The normalized spacial score (nSPS) is 24.8. The molecule has 1 aromatic carbocycles. The second-order valence-corrected chi connectivity index (χ2v) is 5.76. The SMILES string of the molecule is NCCC1CN(C(=O)C2CC=CCC2)c2ccccc21. The van der Waals surface area contributed by atoms with E-state index in [9.17, 15) is 4.79 Å². The fraction of sp³-hybridized carbons (Fsp3) is 0.471. The molecule has 2 unspecified atom stereocenters. The predicted octanol–water partition coefficient (Wildman–Crippen LogP) is 2.82. The number of hydrogen-bond donors (Lipinski definition) is 1. The molecule has 3 nitrogen and oxygen atoms in total. The highest BCUT2D eigenvalue weighted by Crippen LogP contribution is 2.39. The van der Waals surface area contributed by atoms with Gasteiger partial charge in [-0.25, -0.2) is 0 Å². The van der Waals surface area contributed by atoms with E-state index in [2.05, 4.69) is 30.4 Å². The van der Waals surface area contributed by atoms with Crippen LogP contribution in [0.25, 0.3) is 0 Å². The first kappa shape index (κ1) is 13.4. The molecule has 1 heterocycles. The van der Waals surface area contributed by atoms with Crippen LogP contribution >= 0.6 is 0 Å². The minimum absolute atomic E-state index is 0.157. The minimum Gasteiger partial charge on any atom is -0.330 e. The number of hydrogen-bond acceptors (Lipinski definition) is 2. The molecule has 3 rings (SSSR count). The van der Waals surface area contributed by atoms with Gasteiger partial charge in [0.25, 0.3) is 0 Å². The van der Waals surface area contributed by atoms with Crippen LogP contribution in [0.15, 0.2) is 36.4 Å². The number of carbonyl (C=O) groups excluding carboxylic acids is 1. The van der Waals surface area contributed by atoms with Crippen LogP contribution in [0.3, 0.4) is 0 Å². The molecule has 1 aromatic rings. The van der Waals surface area contributed by atoms with E-state index in [0.717, 1.165) is 37.9 Å². The number of allylic oxidation sites excluding steroid dienone is 2. The molecule has 0 radical (unpaired) electrons. The van der Waals surface area contributed by atoms with Crippen molar-refractivity contribution in [3.05, 3.63) is 42.0 Å². The van der Waals surface area contributed by atoms with Crippen molar-refractivity contribution in [2.75, 3.05) is 18.0 Å². The molecule has 0 saturated heterocycles. The Labute approximate surface area is 120 Å². The van der Waals surface area contributed by atoms with Crippen LogP contribution in [0.1, 0.15) is 37.2 Å². The molecule has 3 heteroatoms. The maximum Gasteiger partial charge on any atom is 0.230 e. The van der Waals surface area contributed by atoms with Crippen molar-refractivity contribution < 1.29 is 4.79 Å². The van der Waals surface area contributed by atoms with Crippen LogP contribution in [-0.4, -0.2) is 19.0 Å². The first-order chi connectivity index (χ1) is 9.81. The first-order valence-electron chi connectivity index (χ1n) is 7.56. The van der Waals surface area contributed by atoms with E-state index in [1.807, 2.05) is 11.0 Å². The number of para-hydroxylation sites is 1. The number of amides is 1. The van der Waals surface area contributed by atoms with E-state index >= 15 is 0 Å². The van der Waals surface area contributed by atoms with Gasteiger partial charge in [-0.3, -0.25) is 4.79 Å². The molecule has 2 atom stereocenters. The van der Waals surface area contributed by atoms with Crippen LogP contribution in [0.2, 0.25) is 0 Å². The number of fused-ring (bicyclic) bond motifs is 1. The summed E-state index contributed by atoms with van der Waals surface area (Å²) in [6, 6.07) is 8.29. The predicted molar refractivity (Wildman–Crippen MR) is 81.7 cm³/mol. The highest BCUT2D eigenvalue weighted by molar-refractivity contribution is 5.97. The molecule has 1 aliphatic heterocycles. The largest absolute Gasteiger partial charge is 0.330 e. The summed E-state index contributed by atoms with van der Waals surface area (Å²) in [7, 11) is 0. The highest BCUT2D eigenvalue weighted by atomic mass is 16.2. The summed E-state index contributed by atoms with van der Waals surface area (Å²) in [5.74, 6) is 0.852. The molecule has 0 aromatic heterocycles. The number of nitrogens with two attached hydrogens (primary N) is 1. The van der Waals surface area contributed by atoms with Gasteiger partial charge in [0.1, 0.15) is 0 Å². The van der Waals surface area contributed by atoms with Crippen molar-refractivity contribution in [3.8, 4) is 0 Å². The van der Waals surface area contributed by atoms with Crippen molar-refractivity contribution in [2.24, 2.45) is 11.7 Å². The zero-order valence-corrected chi connectivity index (χ0v) is 11.8. The van der Waals surface area contributed by atoms with Crippen LogP contribution in [0.5, 0.6) is 0 Å². The Morgan fingerprint density at radius 1 is 1.30 bits per heavy atom. The molecule has 0 spiro atoms. The van der Waals surface area contributed by atoms with E-state index in [1.54, 1.807) is 0 Å². The quantitative estimate of drug-likeness (QED) is 0.858. The van der Waals surface area contributed by atoms with Crippen LogP contribution < -0.4 is 10.6 Å². The fourth-order valence-electron chi connectivity index (χ4n) is 3.39. The Balaban J connectivity index is 1.84. The number of benzene rings is 1.